The number of benzene rings is 2. The van der Waals surface area contributed by atoms with Gasteiger partial charge in [-0.1, -0.05) is 17.2 Å². The molecule has 2 aromatic rings. The van der Waals surface area contributed by atoms with Gasteiger partial charge in [0, 0.05) is 23.1 Å². The van der Waals surface area contributed by atoms with E-state index in [9.17, 15) is 14.7 Å². The van der Waals surface area contributed by atoms with Crippen LogP contribution in [0.4, 0.5) is 0 Å². The van der Waals surface area contributed by atoms with E-state index in [0.717, 1.165) is 5.57 Å². The van der Waals surface area contributed by atoms with E-state index < -0.39 is 5.97 Å². The maximum absolute atomic E-state index is 12.9. The number of rotatable bonds is 9. The first kappa shape index (κ1) is 21.5. The molecule has 5 nitrogen and oxygen atoms in total. The normalized spacial score (nSPS) is 10.4. The second-order valence-corrected chi connectivity index (χ2v) is 6.92. The van der Waals surface area contributed by atoms with Crippen molar-refractivity contribution < 1.29 is 24.2 Å². The molecule has 0 fully saturated rings. The number of ketones is 1. The van der Waals surface area contributed by atoms with E-state index >= 15 is 0 Å². The van der Waals surface area contributed by atoms with Gasteiger partial charge in [-0.25, -0.2) is 4.79 Å². The van der Waals surface area contributed by atoms with E-state index in [1.807, 2.05) is 6.92 Å². The summed E-state index contributed by atoms with van der Waals surface area (Å²) < 4.78 is 10.7. The number of carboxylic acid groups (broad SMARTS) is 1. The number of allylic oxidation sites excluding steroid dienone is 1. The van der Waals surface area contributed by atoms with Crippen molar-refractivity contribution in [3.63, 3.8) is 0 Å². The molecule has 1 N–H and O–H groups in total. The highest BCUT2D eigenvalue weighted by atomic mass is 35.5. The molecule has 0 saturated heterocycles. The van der Waals surface area contributed by atoms with Crippen molar-refractivity contribution in [2.75, 3.05) is 14.2 Å². The number of carbonyl (C=O) groups is 2. The van der Waals surface area contributed by atoms with E-state index in [1.165, 1.54) is 14.2 Å². The highest BCUT2D eigenvalue weighted by Crippen LogP contribution is 2.36. The summed E-state index contributed by atoms with van der Waals surface area (Å²) in [5, 5.41) is 10.3. The lowest BCUT2D eigenvalue weighted by molar-refractivity contribution is 0.0692. The third-order valence-corrected chi connectivity index (χ3v) is 4.68. The van der Waals surface area contributed by atoms with Crippen LogP contribution in [0, 0.1) is 0 Å². The fourth-order valence-electron chi connectivity index (χ4n) is 3.01. The van der Waals surface area contributed by atoms with E-state index in [1.54, 1.807) is 30.3 Å². The Morgan fingerprint density at radius 2 is 1.68 bits per heavy atom. The Bertz CT molecular complexity index is 900. The highest BCUT2D eigenvalue weighted by molar-refractivity contribution is 6.30. The van der Waals surface area contributed by atoms with E-state index in [0.29, 0.717) is 40.3 Å². The Morgan fingerprint density at radius 1 is 1.07 bits per heavy atom. The molecule has 6 heteroatoms. The lowest BCUT2D eigenvalue weighted by atomic mass is 9.90. The summed E-state index contributed by atoms with van der Waals surface area (Å²) in [6, 6.07) is 8.04. The second-order valence-electron chi connectivity index (χ2n) is 6.48. The molecule has 0 radical (unpaired) electrons. The molecule has 2 aromatic carbocycles. The van der Waals surface area contributed by atoms with Gasteiger partial charge in [0.25, 0.3) is 0 Å². The molecular formula is C22H23ClO5. The summed E-state index contributed by atoms with van der Waals surface area (Å²) in [6.45, 7) is 5.80. The largest absolute Gasteiger partial charge is 0.496 e. The molecule has 0 spiro atoms. The number of ether oxygens (including phenoxy) is 2. The van der Waals surface area contributed by atoms with Crippen LogP contribution in [-0.2, 0) is 12.8 Å². The van der Waals surface area contributed by atoms with Crippen LogP contribution in [0.15, 0.2) is 42.5 Å². The zero-order chi connectivity index (χ0) is 20.8. The topological polar surface area (TPSA) is 72.8 Å². The van der Waals surface area contributed by atoms with Crippen LogP contribution in [0.25, 0.3) is 0 Å². The number of carbonyl (C=O) groups excluding carboxylic acids is 1. The standard InChI is InChI=1S/C22H23ClO5/c1-13(2)5-10-16-17(11-18(24)14-6-8-15(23)9-7-14)21(22(25)26)20(28-4)12-19(16)27-3/h6-9,12H,1,5,10-11H2,2-4H3,(H,25,26). The first-order valence-electron chi connectivity index (χ1n) is 8.71. The third kappa shape index (κ3) is 4.93. The minimum atomic E-state index is -1.16. The Balaban J connectivity index is 2.61. The maximum atomic E-state index is 12.9. The predicted molar refractivity (Wildman–Crippen MR) is 109 cm³/mol. The van der Waals surface area contributed by atoms with Crippen LogP contribution in [0.2, 0.25) is 5.02 Å². The smallest absolute Gasteiger partial charge is 0.339 e. The number of carboxylic acids is 1. The van der Waals surface area contributed by atoms with Crippen molar-refractivity contribution in [3.05, 3.63) is 69.8 Å². The first-order valence-corrected chi connectivity index (χ1v) is 9.09. The molecule has 2 rings (SSSR count). The van der Waals surface area contributed by atoms with Crippen LogP contribution in [-0.4, -0.2) is 31.1 Å². The van der Waals surface area contributed by atoms with Crippen LogP contribution in [0.5, 0.6) is 11.5 Å². The lowest BCUT2D eigenvalue weighted by Crippen LogP contribution is -2.14. The van der Waals surface area contributed by atoms with Crippen LogP contribution < -0.4 is 9.47 Å². The van der Waals surface area contributed by atoms with Gasteiger partial charge in [-0.15, -0.1) is 6.58 Å². The van der Waals surface area contributed by atoms with Crippen molar-refractivity contribution in [1.29, 1.82) is 0 Å². The van der Waals surface area contributed by atoms with Crippen LogP contribution in [0.3, 0.4) is 0 Å². The molecule has 0 aromatic heterocycles. The summed E-state index contributed by atoms with van der Waals surface area (Å²) in [4.78, 5) is 24.8. The Labute approximate surface area is 169 Å². The molecule has 0 unspecified atom stereocenters. The summed E-state index contributed by atoms with van der Waals surface area (Å²) in [5.41, 5.74) is 2.44. The predicted octanol–water partition coefficient (Wildman–Crippen LogP) is 4.99. The SMILES string of the molecule is C=C(C)CCc1c(OC)cc(OC)c(C(=O)O)c1CC(=O)c1ccc(Cl)cc1. The minimum Gasteiger partial charge on any atom is -0.496 e. The number of methoxy groups -OCH3 is 2. The van der Waals surface area contributed by atoms with Gasteiger partial charge >= 0.3 is 5.97 Å². The molecule has 0 saturated carbocycles. The monoisotopic (exact) mass is 402 g/mol. The molecule has 0 aliphatic carbocycles. The summed E-state index contributed by atoms with van der Waals surface area (Å²) in [7, 11) is 2.89. The van der Waals surface area contributed by atoms with Crippen molar-refractivity contribution in [2.45, 2.75) is 26.2 Å². The van der Waals surface area contributed by atoms with Gasteiger partial charge in [0.05, 0.1) is 14.2 Å². The van der Waals surface area contributed by atoms with Gasteiger partial charge in [-0.2, -0.15) is 0 Å². The quantitative estimate of drug-likeness (QED) is 0.472. The van der Waals surface area contributed by atoms with E-state index in [4.69, 9.17) is 21.1 Å². The molecule has 0 aliphatic rings. The fraction of sp³-hybridized carbons (Fsp3) is 0.273. The van der Waals surface area contributed by atoms with Gasteiger partial charge in [-0.05, 0) is 55.2 Å². The van der Waals surface area contributed by atoms with E-state index in [2.05, 4.69) is 6.58 Å². The van der Waals surface area contributed by atoms with Crippen molar-refractivity contribution >= 4 is 23.4 Å². The minimum absolute atomic E-state index is 0.0256. The second kappa shape index (κ2) is 9.42. The van der Waals surface area contributed by atoms with Gasteiger partial charge in [-0.3, -0.25) is 4.79 Å². The molecular weight excluding hydrogens is 380 g/mol. The highest BCUT2D eigenvalue weighted by Gasteiger charge is 2.25. The molecule has 0 amide bonds. The van der Waals surface area contributed by atoms with Crippen molar-refractivity contribution in [3.8, 4) is 11.5 Å². The molecule has 28 heavy (non-hydrogen) atoms. The molecule has 0 atom stereocenters. The van der Waals surface area contributed by atoms with Gasteiger partial charge in [0.2, 0.25) is 0 Å². The summed E-state index contributed by atoms with van der Waals surface area (Å²) in [5.74, 6) is -0.731. The number of hydrogen-bond donors (Lipinski definition) is 1. The zero-order valence-corrected chi connectivity index (χ0v) is 16.9. The molecule has 0 aliphatic heterocycles. The molecule has 0 heterocycles. The van der Waals surface area contributed by atoms with Gasteiger partial charge in [0.1, 0.15) is 17.1 Å². The number of hydrogen-bond acceptors (Lipinski definition) is 4. The number of halogens is 1. The Morgan fingerprint density at radius 3 is 2.18 bits per heavy atom. The number of aromatic carboxylic acids is 1. The van der Waals surface area contributed by atoms with Crippen molar-refractivity contribution in [1.82, 2.24) is 0 Å². The van der Waals surface area contributed by atoms with Gasteiger partial charge < -0.3 is 14.6 Å². The fourth-order valence-corrected chi connectivity index (χ4v) is 3.14. The average Bonchev–Trinajstić information content (AvgIpc) is 2.65. The molecule has 148 valence electrons. The molecule has 0 bridgehead atoms. The number of Topliss-reactive ketones (excluding diaryl/α,β-unsaturated/α-hetero) is 1. The van der Waals surface area contributed by atoms with Gasteiger partial charge in [0.15, 0.2) is 5.78 Å². The average molecular weight is 403 g/mol. The van der Waals surface area contributed by atoms with Crippen LogP contribution >= 0.6 is 11.6 Å². The lowest BCUT2D eigenvalue weighted by Gasteiger charge is -2.19. The Hall–Kier alpha value is -2.79. The summed E-state index contributed by atoms with van der Waals surface area (Å²) >= 11 is 5.89. The Kier molecular flexibility index (Phi) is 7.24. The van der Waals surface area contributed by atoms with E-state index in [-0.39, 0.29) is 23.5 Å². The van der Waals surface area contributed by atoms with Crippen LogP contribution in [0.1, 0.15) is 45.2 Å². The maximum Gasteiger partial charge on any atom is 0.339 e. The first-order chi connectivity index (χ1) is 13.3. The summed E-state index contributed by atoms with van der Waals surface area (Å²) in [6.07, 6.45) is 1.05. The van der Waals surface area contributed by atoms with Crippen molar-refractivity contribution in [2.24, 2.45) is 0 Å². The zero-order valence-electron chi connectivity index (χ0n) is 16.2. The third-order valence-electron chi connectivity index (χ3n) is 4.43.